The van der Waals surface area contributed by atoms with Crippen molar-refractivity contribution in [3.8, 4) is 0 Å². The Morgan fingerprint density at radius 1 is 1.04 bits per heavy atom. The fraction of sp³-hybridized carbons (Fsp3) is 0.375. The van der Waals surface area contributed by atoms with Crippen molar-refractivity contribution in [2.24, 2.45) is 0 Å². The lowest BCUT2D eigenvalue weighted by Gasteiger charge is -2.03. The molecule has 3 nitrogen and oxygen atoms in total. The number of aromatic nitrogens is 1. The zero-order valence-corrected chi connectivity index (χ0v) is 18.3. The third kappa shape index (κ3) is 4.44. The summed E-state index contributed by atoms with van der Waals surface area (Å²) in [7, 11) is 0. The predicted octanol–water partition coefficient (Wildman–Crippen LogP) is 5.86. The number of amides is 1. The van der Waals surface area contributed by atoms with Crippen LogP contribution in [0.1, 0.15) is 54.8 Å². The molecule has 28 heavy (non-hydrogen) atoms. The molecule has 0 unspecified atom stereocenters. The average molecular weight is 395 g/mol. The predicted molar refractivity (Wildman–Crippen MR) is 120 cm³/mol. The van der Waals surface area contributed by atoms with Crippen LogP contribution in [0.25, 0.3) is 6.08 Å². The van der Waals surface area contributed by atoms with Crippen LogP contribution in [-0.2, 0) is 11.2 Å². The van der Waals surface area contributed by atoms with Gasteiger partial charge in [-0.2, -0.15) is 0 Å². The van der Waals surface area contributed by atoms with E-state index >= 15 is 0 Å². The van der Waals surface area contributed by atoms with E-state index in [2.05, 4.69) is 68.3 Å². The Morgan fingerprint density at radius 3 is 2.43 bits per heavy atom. The van der Waals surface area contributed by atoms with Gasteiger partial charge in [0.25, 0.3) is 5.91 Å². The lowest BCUT2D eigenvalue weighted by atomic mass is 10.0. The number of thioether (sulfide) groups is 1. The van der Waals surface area contributed by atoms with Gasteiger partial charge in [0.2, 0.25) is 0 Å². The Balaban J connectivity index is 1.73. The van der Waals surface area contributed by atoms with Crippen molar-refractivity contribution in [3.05, 3.63) is 69.2 Å². The molecule has 148 valence electrons. The van der Waals surface area contributed by atoms with Crippen LogP contribution in [0.2, 0.25) is 0 Å². The van der Waals surface area contributed by atoms with E-state index in [4.69, 9.17) is 0 Å². The number of aromatic amines is 1. The molecule has 1 aromatic heterocycles. The molecule has 0 spiro atoms. The molecular weight excluding hydrogens is 364 g/mol. The molecule has 2 heterocycles. The first-order valence-corrected chi connectivity index (χ1v) is 11.0. The van der Waals surface area contributed by atoms with E-state index in [1.165, 1.54) is 27.3 Å². The van der Waals surface area contributed by atoms with Gasteiger partial charge in [0.15, 0.2) is 0 Å². The van der Waals surface area contributed by atoms with Crippen LogP contribution < -0.4 is 5.32 Å². The van der Waals surface area contributed by atoms with E-state index in [9.17, 15) is 4.79 Å². The first-order chi connectivity index (χ1) is 13.4. The monoisotopic (exact) mass is 394 g/mol. The number of benzene rings is 1. The number of hydrogen-bond donors (Lipinski definition) is 2. The van der Waals surface area contributed by atoms with E-state index in [1.54, 1.807) is 11.8 Å². The van der Waals surface area contributed by atoms with E-state index in [-0.39, 0.29) is 5.91 Å². The van der Waals surface area contributed by atoms with Gasteiger partial charge in [-0.25, -0.2) is 0 Å². The van der Waals surface area contributed by atoms with Crippen LogP contribution >= 0.6 is 11.8 Å². The maximum absolute atomic E-state index is 12.5. The summed E-state index contributed by atoms with van der Waals surface area (Å²) in [6.07, 6.45) is 5.08. The Bertz CT molecular complexity index is 932. The minimum atomic E-state index is 0.0444. The minimum Gasteiger partial charge on any atom is -0.359 e. The van der Waals surface area contributed by atoms with Crippen LogP contribution in [0.3, 0.4) is 0 Å². The molecule has 0 saturated heterocycles. The zero-order valence-electron chi connectivity index (χ0n) is 17.5. The molecule has 0 radical (unpaired) electrons. The SMILES string of the molecule is CCCc1c(C)[nH]c(/C=C2\NC(=O)C(CCSc3ccc(C)cc3)=C2C)c1C. The van der Waals surface area contributed by atoms with E-state index < -0.39 is 0 Å². The van der Waals surface area contributed by atoms with Gasteiger partial charge in [0, 0.05) is 33.3 Å². The molecule has 0 fully saturated rings. The largest absolute Gasteiger partial charge is 0.359 e. The molecule has 1 amide bonds. The zero-order chi connectivity index (χ0) is 20.3. The number of nitrogens with one attached hydrogen (secondary N) is 2. The van der Waals surface area contributed by atoms with E-state index in [0.717, 1.165) is 47.6 Å². The van der Waals surface area contributed by atoms with Gasteiger partial charge >= 0.3 is 0 Å². The van der Waals surface area contributed by atoms with Crippen LogP contribution in [-0.4, -0.2) is 16.6 Å². The quantitative estimate of drug-likeness (QED) is 0.578. The second kappa shape index (κ2) is 8.87. The fourth-order valence-corrected chi connectivity index (χ4v) is 4.57. The van der Waals surface area contributed by atoms with Gasteiger partial charge in [-0.05, 0) is 75.4 Å². The standard InChI is InChI=1S/C24H30N2OS/c1-6-7-20-16(3)22(25-18(20)5)14-23-17(4)21(24(27)26-23)12-13-28-19-10-8-15(2)9-11-19/h8-11,14,25H,6-7,12-13H2,1-5H3,(H,26,27)/b23-14-. The number of carbonyl (C=O) groups is 1. The summed E-state index contributed by atoms with van der Waals surface area (Å²) in [5, 5.41) is 3.07. The molecule has 2 aromatic rings. The summed E-state index contributed by atoms with van der Waals surface area (Å²) in [4.78, 5) is 17.2. The van der Waals surface area contributed by atoms with Gasteiger partial charge in [-0.1, -0.05) is 31.0 Å². The van der Waals surface area contributed by atoms with Crippen LogP contribution in [0.4, 0.5) is 0 Å². The van der Waals surface area contributed by atoms with Gasteiger partial charge < -0.3 is 10.3 Å². The van der Waals surface area contributed by atoms with Gasteiger partial charge in [-0.3, -0.25) is 4.79 Å². The Labute approximate surface area is 172 Å². The molecular formula is C24H30N2OS. The summed E-state index contributed by atoms with van der Waals surface area (Å²) in [5.74, 6) is 0.945. The van der Waals surface area contributed by atoms with Crippen molar-refractivity contribution in [1.29, 1.82) is 0 Å². The molecule has 1 aromatic carbocycles. The highest BCUT2D eigenvalue weighted by Crippen LogP contribution is 2.29. The molecule has 1 aliphatic heterocycles. The number of aryl methyl sites for hydroxylation is 2. The van der Waals surface area contributed by atoms with Crippen molar-refractivity contribution in [3.63, 3.8) is 0 Å². The summed E-state index contributed by atoms with van der Waals surface area (Å²) in [6.45, 7) is 10.6. The molecule has 0 bridgehead atoms. The topological polar surface area (TPSA) is 44.9 Å². The highest BCUT2D eigenvalue weighted by Gasteiger charge is 2.24. The van der Waals surface area contributed by atoms with E-state index in [1.807, 2.05) is 6.92 Å². The number of hydrogen-bond acceptors (Lipinski definition) is 2. The van der Waals surface area contributed by atoms with Crippen molar-refractivity contribution in [1.82, 2.24) is 10.3 Å². The molecule has 1 aliphatic rings. The maximum atomic E-state index is 12.5. The average Bonchev–Trinajstić information content (AvgIpc) is 3.08. The van der Waals surface area contributed by atoms with Gasteiger partial charge in [-0.15, -0.1) is 11.8 Å². The smallest absolute Gasteiger partial charge is 0.251 e. The highest BCUT2D eigenvalue weighted by atomic mass is 32.2. The van der Waals surface area contributed by atoms with Crippen molar-refractivity contribution >= 4 is 23.7 Å². The van der Waals surface area contributed by atoms with Crippen molar-refractivity contribution < 1.29 is 4.79 Å². The normalized spacial score (nSPS) is 15.6. The van der Waals surface area contributed by atoms with E-state index in [0.29, 0.717) is 0 Å². The van der Waals surface area contributed by atoms with Crippen molar-refractivity contribution in [2.45, 2.75) is 58.8 Å². The summed E-state index contributed by atoms with van der Waals surface area (Å²) >= 11 is 1.80. The Hall–Kier alpha value is -2.20. The first kappa shape index (κ1) is 20.5. The Kier molecular flexibility index (Phi) is 6.50. The second-order valence-corrected chi connectivity index (χ2v) is 8.71. The minimum absolute atomic E-state index is 0.0444. The molecule has 3 rings (SSSR count). The lowest BCUT2D eigenvalue weighted by molar-refractivity contribution is -0.116. The van der Waals surface area contributed by atoms with Gasteiger partial charge in [0.05, 0.1) is 0 Å². The number of H-pyrrole nitrogens is 1. The summed E-state index contributed by atoms with van der Waals surface area (Å²) in [5.41, 5.74) is 9.18. The molecule has 0 aliphatic carbocycles. The highest BCUT2D eigenvalue weighted by molar-refractivity contribution is 7.99. The lowest BCUT2D eigenvalue weighted by Crippen LogP contribution is -2.16. The van der Waals surface area contributed by atoms with Crippen molar-refractivity contribution in [2.75, 3.05) is 5.75 Å². The molecule has 0 atom stereocenters. The number of allylic oxidation sites excluding steroid dienone is 1. The number of carbonyl (C=O) groups excluding carboxylic acids is 1. The Morgan fingerprint density at radius 2 is 1.75 bits per heavy atom. The first-order valence-electron chi connectivity index (χ1n) is 10.0. The summed E-state index contributed by atoms with van der Waals surface area (Å²) in [6, 6.07) is 8.55. The summed E-state index contributed by atoms with van der Waals surface area (Å²) < 4.78 is 0. The molecule has 0 saturated carbocycles. The van der Waals surface area contributed by atoms with Crippen LogP contribution in [0.5, 0.6) is 0 Å². The van der Waals surface area contributed by atoms with Crippen LogP contribution in [0.15, 0.2) is 46.0 Å². The van der Waals surface area contributed by atoms with Gasteiger partial charge in [0.1, 0.15) is 0 Å². The molecule has 2 N–H and O–H groups in total. The van der Waals surface area contributed by atoms with Crippen LogP contribution in [0, 0.1) is 20.8 Å². The maximum Gasteiger partial charge on any atom is 0.251 e. The molecule has 4 heteroatoms. The third-order valence-electron chi connectivity index (χ3n) is 5.44. The second-order valence-electron chi connectivity index (χ2n) is 7.54. The number of rotatable bonds is 7. The fourth-order valence-electron chi connectivity index (χ4n) is 3.70. The third-order valence-corrected chi connectivity index (χ3v) is 6.45.